The zero-order valence-corrected chi connectivity index (χ0v) is 9.80. The zero-order chi connectivity index (χ0) is 12.4. The predicted molar refractivity (Wildman–Crippen MR) is 60.2 cm³/mol. The lowest BCUT2D eigenvalue weighted by Gasteiger charge is -2.19. The molecule has 0 saturated heterocycles. The van der Waals surface area contributed by atoms with Crippen LogP contribution in [0.1, 0.15) is 31.1 Å². The van der Waals surface area contributed by atoms with Gasteiger partial charge in [-0.05, 0) is 11.1 Å². The van der Waals surface area contributed by atoms with E-state index >= 15 is 0 Å². The van der Waals surface area contributed by atoms with Gasteiger partial charge in [-0.25, -0.2) is 0 Å². The second-order valence-corrected chi connectivity index (χ2v) is 4.08. The van der Waals surface area contributed by atoms with E-state index in [1.54, 1.807) is 0 Å². The van der Waals surface area contributed by atoms with E-state index in [-0.39, 0.29) is 11.9 Å². The van der Waals surface area contributed by atoms with Gasteiger partial charge in [-0.2, -0.15) is 0 Å². The molecule has 0 fully saturated rings. The number of benzene rings is 1. The lowest BCUT2D eigenvalue weighted by molar-refractivity contribution is -0.164. The van der Waals surface area contributed by atoms with Crippen molar-refractivity contribution < 1.29 is 19.1 Å². The Hall–Kier alpha value is -1.84. The summed E-state index contributed by atoms with van der Waals surface area (Å²) in [6.45, 7) is 2.71. The average Bonchev–Trinajstić information content (AvgIpc) is 2.55. The third-order valence-electron chi connectivity index (χ3n) is 2.73. The van der Waals surface area contributed by atoms with Gasteiger partial charge < -0.3 is 9.47 Å². The summed E-state index contributed by atoms with van der Waals surface area (Å²) < 4.78 is 10.4. The van der Waals surface area contributed by atoms with Crippen molar-refractivity contribution in [2.24, 2.45) is 0 Å². The normalized spacial score (nSPS) is 21.8. The highest BCUT2D eigenvalue weighted by molar-refractivity contribution is 5.68. The van der Waals surface area contributed by atoms with Crippen LogP contribution in [0.3, 0.4) is 0 Å². The molecule has 0 bridgehead atoms. The van der Waals surface area contributed by atoms with E-state index in [2.05, 4.69) is 0 Å². The Balaban J connectivity index is 2.26. The van der Waals surface area contributed by atoms with Gasteiger partial charge in [0.1, 0.15) is 6.10 Å². The molecule has 1 aromatic carbocycles. The molecule has 0 saturated carbocycles. The molecule has 0 unspecified atom stereocenters. The van der Waals surface area contributed by atoms with Crippen LogP contribution in [0.15, 0.2) is 24.3 Å². The first-order valence-corrected chi connectivity index (χ1v) is 5.50. The van der Waals surface area contributed by atoms with E-state index in [0.717, 1.165) is 11.1 Å². The van der Waals surface area contributed by atoms with Crippen LogP contribution in [-0.4, -0.2) is 18.0 Å². The molecule has 1 aromatic rings. The molecule has 17 heavy (non-hydrogen) atoms. The highest BCUT2D eigenvalue weighted by Gasteiger charge is 2.36. The Labute approximate surface area is 99.5 Å². The van der Waals surface area contributed by atoms with Gasteiger partial charge in [-0.1, -0.05) is 24.3 Å². The lowest BCUT2D eigenvalue weighted by atomic mass is 10.1. The molecule has 0 amide bonds. The summed E-state index contributed by atoms with van der Waals surface area (Å²) in [5, 5.41) is 0. The number of ether oxygens (including phenoxy) is 2. The van der Waals surface area contributed by atoms with Crippen LogP contribution < -0.4 is 0 Å². The highest BCUT2D eigenvalue weighted by atomic mass is 16.6. The van der Waals surface area contributed by atoms with Crippen LogP contribution in [0.25, 0.3) is 0 Å². The van der Waals surface area contributed by atoms with Crippen molar-refractivity contribution >= 4 is 11.9 Å². The molecule has 4 nitrogen and oxygen atoms in total. The van der Waals surface area contributed by atoms with E-state index in [9.17, 15) is 9.59 Å². The monoisotopic (exact) mass is 234 g/mol. The molecule has 4 heteroatoms. The lowest BCUT2D eigenvalue weighted by Crippen LogP contribution is -2.24. The summed E-state index contributed by atoms with van der Waals surface area (Å²) in [4.78, 5) is 22.1. The van der Waals surface area contributed by atoms with E-state index in [1.807, 2.05) is 24.3 Å². The van der Waals surface area contributed by atoms with Crippen LogP contribution in [-0.2, 0) is 25.5 Å². The van der Waals surface area contributed by atoms with Crippen LogP contribution in [0.4, 0.5) is 0 Å². The van der Waals surface area contributed by atoms with Gasteiger partial charge in [0.05, 0.1) is 0 Å². The molecule has 90 valence electrons. The van der Waals surface area contributed by atoms with Crippen molar-refractivity contribution in [1.29, 1.82) is 0 Å². The summed E-state index contributed by atoms with van der Waals surface area (Å²) >= 11 is 0. The van der Waals surface area contributed by atoms with E-state index in [1.165, 1.54) is 13.8 Å². The number of rotatable bonds is 2. The van der Waals surface area contributed by atoms with Crippen molar-refractivity contribution in [1.82, 2.24) is 0 Å². The molecule has 0 spiro atoms. The number of hydrogen-bond donors (Lipinski definition) is 0. The highest BCUT2D eigenvalue weighted by Crippen LogP contribution is 2.36. The molecule has 2 rings (SSSR count). The van der Waals surface area contributed by atoms with Gasteiger partial charge >= 0.3 is 11.9 Å². The minimum Gasteiger partial charge on any atom is -0.458 e. The average molecular weight is 234 g/mol. The number of esters is 2. The predicted octanol–water partition coefficient (Wildman–Crippen LogP) is 1.78. The van der Waals surface area contributed by atoms with E-state index < -0.39 is 12.2 Å². The Morgan fingerprint density at radius 1 is 1.12 bits per heavy atom. The third kappa shape index (κ3) is 2.46. The molecule has 0 radical (unpaired) electrons. The molecule has 0 aliphatic heterocycles. The summed E-state index contributed by atoms with van der Waals surface area (Å²) in [5.74, 6) is -0.733. The van der Waals surface area contributed by atoms with Gasteiger partial charge in [0.15, 0.2) is 6.10 Å². The minimum atomic E-state index is -0.479. The second kappa shape index (κ2) is 4.57. The van der Waals surface area contributed by atoms with Gasteiger partial charge in [-0.15, -0.1) is 0 Å². The van der Waals surface area contributed by atoms with Crippen molar-refractivity contribution in [3.05, 3.63) is 35.4 Å². The summed E-state index contributed by atoms with van der Waals surface area (Å²) in [7, 11) is 0. The Morgan fingerprint density at radius 3 is 2.41 bits per heavy atom. The second-order valence-electron chi connectivity index (χ2n) is 4.08. The fraction of sp³-hybridized carbons (Fsp3) is 0.385. The molecule has 0 heterocycles. The molecule has 0 N–H and O–H groups in total. The van der Waals surface area contributed by atoms with Gasteiger partial charge in [0.2, 0.25) is 0 Å². The fourth-order valence-corrected chi connectivity index (χ4v) is 2.16. The summed E-state index contributed by atoms with van der Waals surface area (Å²) in [6.07, 6.45) is -0.297. The maximum Gasteiger partial charge on any atom is 0.303 e. The molecule has 1 aliphatic carbocycles. The smallest absolute Gasteiger partial charge is 0.303 e. The summed E-state index contributed by atoms with van der Waals surface area (Å²) in [5.41, 5.74) is 1.99. The Morgan fingerprint density at radius 2 is 1.76 bits per heavy atom. The van der Waals surface area contributed by atoms with Gasteiger partial charge in [0.25, 0.3) is 0 Å². The molecular formula is C13H14O4. The molecular weight excluding hydrogens is 220 g/mol. The first-order valence-electron chi connectivity index (χ1n) is 5.50. The largest absolute Gasteiger partial charge is 0.458 e. The van der Waals surface area contributed by atoms with Crippen LogP contribution >= 0.6 is 0 Å². The number of hydrogen-bond acceptors (Lipinski definition) is 4. The first kappa shape index (κ1) is 11.6. The molecule has 2 atom stereocenters. The van der Waals surface area contributed by atoms with Crippen molar-refractivity contribution in [2.75, 3.05) is 0 Å². The minimum absolute atomic E-state index is 0.361. The van der Waals surface area contributed by atoms with E-state index in [0.29, 0.717) is 6.42 Å². The maximum atomic E-state index is 11.1. The van der Waals surface area contributed by atoms with Crippen molar-refractivity contribution in [3.8, 4) is 0 Å². The first-order chi connectivity index (χ1) is 8.08. The van der Waals surface area contributed by atoms with Crippen molar-refractivity contribution in [2.45, 2.75) is 32.5 Å². The van der Waals surface area contributed by atoms with Crippen molar-refractivity contribution in [3.63, 3.8) is 0 Å². The standard InChI is InChI=1S/C13H14O4/c1-8(14)16-12-7-10-5-3-4-6-11(10)13(12)17-9(2)15/h3-6,12-13H,7H2,1-2H3/t12-,13+/m0/s1. The van der Waals surface area contributed by atoms with Gasteiger partial charge in [-0.3, -0.25) is 9.59 Å². The maximum absolute atomic E-state index is 11.1. The summed E-state index contributed by atoms with van der Waals surface area (Å²) in [6, 6.07) is 7.65. The molecule has 0 aromatic heterocycles. The van der Waals surface area contributed by atoms with Crippen LogP contribution in [0, 0.1) is 0 Å². The SMILES string of the molecule is CC(=O)O[C@H]1Cc2ccccc2[C@H]1OC(C)=O. The van der Waals surface area contributed by atoms with Gasteiger partial charge in [0, 0.05) is 20.3 Å². The van der Waals surface area contributed by atoms with Crippen LogP contribution in [0.5, 0.6) is 0 Å². The number of carbonyl (C=O) groups excluding carboxylic acids is 2. The Kier molecular flexibility index (Phi) is 3.13. The number of fused-ring (bicyclic) bond motifs is 1. The zero-order valence-electron chi connectivity index (χ0n) is 9.80. The quantitative estimate of drug-likeness (QED) is 0.732. The molecule has 1 aliphatic rings. The number of carbonyl (C=O) groups is 2. The fourth-order valence-electron chi connectivity index (χ4n) is 2.16. The van der Waals surface area contributed by atoms with Crippen LogP contribution in [0.2, 0.25) is 0 Å². The Bertz CT molecular complexity index is 452. The van der Waals surface area contributed by atoms with E-state index in [4.69, 9.17) is 9.47 Å². The topological polar surface area (TPSA) is 52.6 Å². The third-order valence-corrected chi connectivity index (χ3v) is 2.73.